The van der Waals surface area contributed by atoms with Crippen LogP contribution in [0.15, 0.2) is 54.6 Å². The minimum Gasteiger partial charge on any atom is -0.369 e. The van der Waals surface area contributed by atoms with E-state index in [1.807, 2.05) is 18.2 Å². The molecule has 172 valence electrons. The van der Waals surface area contributed by atoms with Crippen LogP contribution in [-0.4, -0.2) is 37.0 Å². The van der Waals surface area contributed by atoms with E-state index in [2.05, 4.69) is 39.4 Å². The molecule has 0 saturated carbocycles. The van der Waals surface area contributed by atoms with Crippen molar-refractivity contribution in [2.24, 2.45) is 0 Å². The molecule has 1 unspecified atom stereocenters. The first-order valence-electron chi connectivity index (χ1n) is 11.8. The number of fused-ring (bicyclic) bond motifs is 1. The summed E-state index contributed by atoms with van der Waals surface area (Å²) >= 11 is 1.69. The van der Waals surface area contributed by atoms with Crippen molar-refractivity contribution in [3.8, 4) is 0 Å². The van der Waals surface area contributed by atoms with E-state index in [0.717, 1.165) is 56.0 Å². The third kappa shape index (κ3) is 4.55. The van der Waals surface area contributed by atoms with Crippen LogP contribution in [-0.2, 0) is 17.6 Å². The van der Waals surface area contributed by atoms with Gasteiger partial charge in [0.2, 0.25) is 5.91 Å². The normalized spacial score (nSPS) is 17.5. The standard InChI is InChI=1S/C27H30FN3OS/c1-19(32)29-27-25(22-12-6-8-14-24(22)33-27)26(21-11-5-7-13-23(21)28)31-17-15-30(16-18-31)20-9-3-2-4-10-20/h2-5,7,9-11,13,26H,6,8,12,14-18H2,1H3,(H,29,32). The summed E-state index contributed by atoms with van der Waals surface area (Å²) in [5, 5.41) is 3.99. The number of thiophene rings is 1. The van der Waals surface area contributed by atoms with Crippen molar-refractivity contribution in [1.82, 2.24) is 4.90 Å². The van der Waals surface area contributed by atoms with Crippen molar-refractivity contribution in [3.63, 3.8) is 0 Å². The van der Waals surface area contributed by atoms with Crippen molar-refractivity contribution in [2.75, 3.05) is 36.4 Å². The molecule has 1 aliphatic heterocycles. The Morgan fingerprint density at radius 3 is 2.39 bits per heavy atom. The van der Waals surface area contributed by atoms with E-state index in [0.29, 0.717) is 5.56 Å². The van der Waals surface area contributed by atoms with Crippen molar-refractivity contribution >= 4 is 27.9 Å². The predicted molar refractivity (Wildman–Crippen MR) is 134 cm³/mol. The number of amides is 1. The predicted octanol–water partition coefficient (Wildman–Crippen LogP) is 5.64. The fraction of sp³-hybridized carbons (Fsp3) is 0.370. The van der Waals surface area contributed by atoms with Gasteiger partial charge < -0.3 is 10.2 Å². The van der Waals surface area contributed by atoms with E-state index in [1.54, 1.807) is 30.4 Å². The summed E-state index contributed by atoms with van der Waals surface area (Å²) in [6, 6.07) is 17.4. The van der Waals surface area contributed by atoms with E-state index in [4.69, 9.17) is 0 Å². The molecule has 0 bridgehead atoms. The Bertz CT molecular complexity index is 1120. The van der Waals surface area contributed by atoms with Crippen LogP contribution in [0, 0.1) is 5.82 Å². The molecule has 0 spiro atoms. The number of rotatable bonds is 5. The highest BCUT2D eigenvalue weighted by molar-refractivity contribution is 7.16. The maximum atomic E-state index is 15.2. The molecular weight excluding hydrogens is 433 g/mol. The third-order valence-electron chi connectivity index (χ3n) is 6.78. The van der Waals surface area contributed by atoms with Gasteiger partial charge in [0.1, 0.15) is 10.8 Å². The van der Waals surface area contributed by atoms with Crippen molar-refractivity contribution in [2.45, 2.75) is 38.6 Å². The van der Waals surface area contributed by atoms with Gasteiger partial charge in [-0.05, 0) is 49.4 Å². The Balaban J connectivity index is 1.54. The molecule has 1 aromatic heterocycles. The number of carbonyl (C=O) groups is 1. The lowest BCUT2D eigenvalue weighted by molar-refractivity contribution is -0.114. The highest BCUT2D eigenvalue weighted by Crippen LogP contribution is 2.46. The summed E-state index contributed by atoms with van der Waals surface area (Å²) in [5.41, 5.74) is 4.37. The van der Waals surface area contributed by atoms with Crippen LogP contribution in [0.3, 0.4) is 0 Å². The number of benzene rings is 2. The fourth-order valence-corrected chi connectivity index (χ4v) is 6.61. The molecule has 6 heteroatoms. The van der Waals surface area contributed by atoms with E-state index < -0.39 is 0 Å². The molecule has 0 radical (unpaired) electrons. The molecule has 5 rings (SSSR count). The molecule has 1 aliphatic carbocycles. The van der Waals surface area contributed by atoms with Gasteiger partial charge in [-0.2, -0.15) is 0 Å². The van der Waals surface area contributed by atoms with Gasteiger partial charge in [0.15, 0.2) is 0 Å². The second kappa shape index (κ2) is 9.65. The van der Waals surface area contributed by atoms with Crippen molar-refractivity contribution in [1.29, 1.82) is 0 Å². The van der Waals surface area contributed by atoms with Crippen LogP contribution in [0.2, 0.25) is 0 Å². The zero-order valence-corrected chi connectivity index (χ0v) is 19.8. The van der Waals surface area contributed by atoms with Gasteiger partial charge in [0, 0.05) is 54.8 Å². The van der Waals surface area contributed by atoms with E-state index in [-0.39, 0.29) is 17.8 Å². The molecule has 2 heterocycles. The van der Waals surface area contributed by atoms with Crippen LogP contribution >= 0.6 is 11.3 Å². The zero-order chi connectivity index (χ0) is 22.8. The zero-order valence-electron chi connectivity index (χ0n) is 19.0. The van der Waals surface area contributed by atoms with E-state index in [1.165, 1.54) is 22.5 Å². The number of anilines is 2. The number of nitrogens with zero attached hydrogens (tertiary/aromatic N) is 2. The summed E-state index contributed by atoms with van der Waals surface area (Å²) in [5.74, 6) is -0.256. The number of carbonyl (C=O) groups excluding carboxylic acids is 1. The van der Waals surface area contributed by atoms with Crippen LogP contribution in [0.4, 0.5) is 15.1 Å². The van der Waals surface area contributed by atoms with Crippen LogP contribution in [0.1, 0.15) is 47.4 Å². The number of hydrogen-bond donors (Lipinski definition) is 1. The smallest absolute Gasteiger partial charge is 0.221 e. The quantitative estimate of drug-likeness (QED) is 0.532. The van der Waals surface area contributed by atoms with Crippen molar-refractivity contribution < 1.29 is 9.18 Å². The van der Waals surface area contributed by atoms with Crippen LogP contribution in [0.5, 0.6) is 0 Å². The molecule has 33 heavy (non-hydrogen) atoms. The monoisotopic (exact) mass is 463 g/mol. The van der Waals surface area contributed by atoms with Gasteiger partial charge in [0.25, 0.3) is 0 Å². The summed E-state index contributed by atoms with van der Waals surface area (Å²) in [6.45, 7) is 4.99. The minimum absolute atomic E-state index is 0.0731. The first-order chi connectivity index (χ1) is 16.1. The summed E-state index contributed by atoms with van der Waals surface area (Å²) < 4.78 is 15.2. The number of aryl methyl sites for hydroxylation is 1. The summed E-state index contributed by atoms with van der Waals surface area (Å²) in [7, 11) is 0. The largest absolute Gasteiger partial charge is 0.369 e. The Morgan fingerprint density at radius 2 is 1.67 bits per heavy atom. The second-order valence-electron chi connectivity index (χ2n) is 8.92. The fourth-order valence-electron chi connectivity index (χ4n) is 5.24. The Hall–Kier alpha value is -2.70. The average molecular weight is 464 g/mol. The van der Waals surface area contributed by atoms with E-state index >= 15 is 4.39 Å². The van der Waals surface area contributed by atoms with Gasteiger partial charge in [-0.3, -0.25) is 9.69 Å². The maximum Gasteiger partial charge on any atom is 0.221 e. The maximum absolute atomic E-state index is 15.2. The molecule has 1 N–H and O–H groups in total. The van der Waals surface area contributed by atoms with Gasteiger partial charge in [0.05, 0.1) is 6.04 Å². The molecule has 4 nitrogen and oxygen atoms in total. The Kier molecular flexibility index (Phi) is 6.47. The number of halogens is 1. The lowest BCUT2D eigenvalue weighted by Crippen LogP contribution is -2.48. The molecule has 2 aliphatic rings. The third-order valence-corrected chi connectivity index (χ3v) is 8.00. The summed E-state index contributed by atoms with van der Waals surface area (Å²) in [4.78, 5) is 18.2. The van der Waals surface area contributed by atoms with Gasteiger partial charge in [-0.25, -0.2) is 4.39 Å². The molecule has 1 atom stereocenters. The molecule has 3 aromatic rings. The number of hydrogen-bond acceptors (Lipinski definition) is 4. The molecule has 2 aromatic carbocycles. The molecule has 1 amide bonds. The average Bonchev–Trinajstić information content (AvgIpc) is 3.18. The number of para-hydroxylation sites is 1. The number of piperazine rings is 1. The topological polar surface area (TPSA) is 35.6 Å². The first kappa shape index (κ1) is 22.1. The highest BCUT2D eigenvalue weighted by atomic mass is 32.1. The first-order valence-corrected chi connectivity index (χ1v) is 12.6. The lowest BCUT2D eigenvalue weighted by atomic mass is 9.88. The Morgan fingerprint density at radius 1 is 0.970 bits per heavy atom. The minimum atomic E-state index is -0.205. The summed E-state index contributed by atoms with van der Waals surface area (Å²) in [6.07, 6.45) is 4.35. The highest BCUT2D eigenvalue weighted by Gasteiger charge is 2.34. The Labute approximate surface area is 199 Å². The van der Waals surface area contributed by atoms with Gasteiger partial charge in [-0.15, -0.1) is 11.3 Å². The number of nitrogens with one attached hydrogen (secondary N) is 1. The van der Waals surface area contributed by atoms with Crippen LogP contribution in [0.25, 0.3) is 0 Å². The lowest BCUT2D eigenvalue weighted by Gasteiger charge is -2.41. The second-order valence-corrected chi connectivity index (χ2v) is 10.0. The van der Waals surface area contributed by atoms with E-state index in [9.17, 15) is 4.79 Å². The molecule has 1 saturated heterocycles. The SMILES string of the molecule is CC(=O)Nc1sc2c(c1C(c1ccccc1F)N1CCN(c3ccccc3)CC1)CCCC2. The van der Waals surface area contributed by atoms with Crippen molar-refractivity contribution in [3.05, 3.63) is 82.0 Å². The molecular formula is C27H30FN3OS. The van der Waals surface area contributed by atoms with Crippen LogP contribution < -0.4 is 10.2 Å². The molecule has 1 fully saturated rings. The van der Waals surface area contributed by atoms with Gasteiger partial charge >= 0.3 is 0 Å². The van der Waals surface area contributed by atoms with Gasteiger partial charge in [-0.1, -0.05) is 36.4 Å².